The fraction of sp³-hybridized carbons (Fsp3) is 0.306. The Morgan fingerprint density at radius 1 is 1.00 bits per heavy atom. The predicted octanol–water partition coefficient (Wildman–Crippen LogP) is 5.61. The molecule has 0 bridgehead atoms. The molecular weight excluding hydrogens is 587 g/mol. The molecule has 0 amide bonds. The molecule has 2 aromatic heterocycles. The summed E-state index contributed by atoms with van der Waals surface area (Å²) >= 11 is 0. The molecule has 0 unspecified atom stereocenters. The minimum atomic E-state index is -0.668. The normalized spacial score (nSPS) is 13.4. The first kappa shape index (κ1) is 31.2. The number of aliphatic hydroxyl groups excluding tert-OH is 1. The Morgan fingerprint density at radius 2 is 1.83 bits per heavy atom. The van der Waals surface area contributed by atoms with Gasteiger partial charge in [0.05, 0.1) is 12.0 Å². The number of halogens is 1. The van der Waals surface area contributed by atoms with Gasteiger partial charge in [-0.15, -0.1) is 0 Å². The number of methoxy groups -OCH3 is 1. The number of aliphatic hydroxyl groups is 1. The first-order valence-electron chi connectivity index (χ1n) is 15.0. The van der Waals surface area contributed by atoms with Gasteiger partial charge in [0.2, 0.25) is 5.88 Å². The molecule has 1 saturated carbocycles. The van der Waals surface area contributed by atoms with Crippen LogP contribution < -0.4 is 14.2 Å². The van der Waals surface area contributed by atoms with E-state index >= 15 is 4.39 Å². The number of fused-ring (bicyclic) bond motifs is 2. The summed E-state index contributed by atoms with van der Waals surface area (Å²) in [5.41, 5.74) is 2.06. The van der Waals surface area contributed by atoms with E-state index in [1.807, 2.05) is 68.7 Å². The molecule has 9 nitrogen and oxygen atoms in total. The van der Waals surface area contributed by atoms with Gasteiger partial charge in [-0.1, -0.05) is 54.3 Å². The molecule has 0 spiro atoms. The predicted molar refractivity (Wildman–Crippen MR) is 173 cm³/mol. The van der Waals surface area contributed by atoms with Crippen LogP contribution in [0.4, 0.5) is 4.39 Å². The Bertz CT molecular complexity index is 1920. The van der Waals surface area contributed by atoms with E-state index in [1.54, 1.807) is 6.07 Å². The zero-order valence-electron chi connectivity index (χ0n) is 26.0. The standard InChI is InChI=1S/C36H35FN4O5/c1-41(2)21-36(14-15-36)22-45-35-39-33-29(34(40-35)44-20-24-9-5-4-6-10-24)19-38-32(31(33)37)28-18-27(46-23-43-3)17-26-12-7-11-25(30(26)28)13-8-16-42/h4-7,9-12,17-19,42H,14-16,20-23H2,1-3H3. The number of ether oxygens (including phenoxy) is 4. The third kappa shape index (κ3) is 6.87. The van der Waals surface area contributed by atoms with E-state index in [9.17, 15) is 5.11 Å². The van der Waals surface area contributed by atoms with E-state index < -0.39 is 5.82 Å². The third-order valence-corrected chi connectivity index (χ3v) is 7.81. The van der Waals surface area contributed by atoms with Crippen LogP contribution in [0.15, 0.2) is 66.9 Å². The maximum atomic E-state index is 16.8. The van der Waals surface area contributed by atoms with E-state index in [0.717, 1.165) is 30.3 Å². The van der Waals surface area contributed by atoms with Crippen molar-refractivity contribution in [2.24, 2.45) is 5.41 Å². The van der Waals surface area contributed by atoms with Gasteiger partial charge in [-0.05, 0) is 56.1 Å². The Balaban J connectivity index is 1.48. The fourth-order valence-electron chi connectivity index (χ4n) is 5.55. The van der Waals surface area contributed by atoms with Crippen LogP contribution in [0.3, 0.4) is 0 Å². The molecule has 10 heteroatoms. The Morgan fingerprint density at radius 3 is 2.57 bits per heavy atom. The molecule has 236 valence electrons. The highest BCUT2D eigenvalue weighted by Gasteiger charge is 2.44. The quantitative estimate of drug-likeness (QED) is 0.141. The first-order chi connectivity index (χ1) is 22.4. The summed E-state index contributed by atoms with van der Waals surface area (Å²) in [4.78, 5) is 15.8. The van der Waals surface area contributed by atoms with Crippen molar-refractivity contribution in [2.45, 2.75) is 19.4 Å². The molecule has 0 radical (unpaired) electrons. The van der Waals surface area contributed by atoms with Crippen LogP contribution in [0.2, 0.25) is 0 Å². The summed E-state index contributed by atoms with van der Waals surface area (Å²) in [6.07, 6.45) is 3.59. The molecule has 6 rings (SSSR count). The molecule has 2 heterocycles. The second kappa shape index (κ2) is 13.7. The second-order valence-corrected chi connectivity index (χ2v) is 11.7. The molecule has 0 aliphatic heterocycles. The number of hydrogen-bond donors (Lipinski definition) is 1. The summed E-state index contributed by atoms with van der Waals surface area (Å²) in [5.74, 6) is 5.65. The van der Waals surface area contributed by atoms with Gasteiger partial charge in [0.25, 0.3) is 0 Å². The molecule has 5 aromatic rings. The van der Waals surface area contributed by atoms with Crippen molar-refractivity contribution < 1.29 is 28.4 Å². The van der Waals surface area contributed by atoms with Gasteiger partial charge in [-0.3, -0.25) is 4.98 Å². The van der Waals surface area contributed by atoms with E-state index in [-0.39, 0.29) is 48.5 Å². The topological polar surface area (TPSA) is 99.1 Å². The van der Waals surface area contributed by atoms with Gasteiger partial charge >= 0.3 is 6.01 Å². The van der Waals surface area contributed by atoms with Crippen LogP contribution in [0.25, 0.3) is 32.9 Å². The van der Waals surface area contributed by atoms with Crippen molar-refractivity contribution in [1.29, 1.82) is 0 Å². The van der Waals surface area contributed by atoms with Gasteiger partial charge < -0.3 is 29.0 Å². The van der Waals surface area contributed by atoms with E-state index in [0.29, 0.717) is 34.3 Å². The van der Waals surface area contributed by atoms with Gasteiger partial charge in [0.15, 0.2) is 12.6 Å². The summed E-state index contributed by atoms with van der Waals surface area (Å²) in [6, 6.07) is 18.8. The summed E-state index contributed by atoms with van der Waals surface area (Å²) < 4.78 is 40.0. The molecule has 0 saturated heterocycles. The second-order valence-electron chi connectivity index (χ2n) is 11.7. The Hall–Kier alpha value is -4.82. The summed E-state index contributed by atoms with van der Waals surface area (Å²) in [7, 11) is 5.59. The van der Waals surface area contributed by atoms with Crippen molar-refractivity contribution in [3.05, 3.63) is 83.8 Å². The minimum Gasteiger partial charge on any atom is -0.472 e. The number of rotatable bonds is 12. The van der Waals surface area contributed by atoms with Crippen LogP contribution in [-0.2, 0) is 11.3 Å². The lowest BCUT2D eigenvalue weighted by molar-refractivity contribution is 0.0512. The van der Waals surface area contributed by atoms with E-state index in [4.69, 9.17) is 18.9 Å². The third-order valence-electron chi connectivity index (χ3n) is 7.81. The molecule has 1 aliphatic rings. The van der Waals surface area contributed by atoms with Crippen LogP contribution in [0, 0.1) is 23.1 Å². The van der Waals surface area contributed by atoms with E-state index in [1.165, 1.54) is 13.3 Å². The average Bonchev–Trinajstić information content (AvgIpc) is 3.83. The first-order valence-corrected chi connectivity index (χ1v) is 15.0. The Kier molecular flexibility index (Phi) is 9.26. The summed E-state index contributed by atoms with van der Waals surface area (Å²) in [6.45, 7) is 1.19. The van der Waals surface area contributed by atoms with Gasteiger partial charge in [0, 0.05) is 41.8 Å². The highest BCUT2D eigenvalue weighted by atomic mass is 19.1. The average molecular weight is 623 g/mol. The lowest BCUT2D eigenvalue weighted by atomic mass is 9.96. The minimum absolute atomic E-state index is 0.00787. The highest BCUT2D eigenvalue weighted by molar-refractivity contribution is 6.02. The van der Waals surface area contributed by atoms with Crippen molar-refractivity contribution in [1.82, 2.24) is 19.9 Å². The molecule has 1 aliphatic carbocycles. The van der Waals surface area contributed by atoms with Crippen molar-refractivity contribution >= 4 is 21.7 Å². The van der Waals surface area contributed by atoms with Crippen molar-refractivity contribution in [3.8, 4) is 40.7 Å². The van der Waals surface area contributed by atoms with Gasteiger partial charge in [-0.25, -0.2) is 4.39 Å². The maximum Gasteiger partial charge on any atom is 0.320 e. The van der Waals surface area contributed by atoms with Crippen molar-refractivity contribution in [2.75, 3.05) is 47.8 Å². The van der Waals surface area contributed by atoms with Crippen LogP contribution in [0.5, 0.6) is 17.6 Å². The monoisotopic (exact) mass is 622 g/mol. The molecule has 3 aromatic carbocycles. The largest absolute Gasteiger partial charge is 0.472 e. The van der Waals surface area contributed by atoms with Crippen molar-refractivity contribution in [3.63, 3.8) is 0 Å². The summed E-state index contributed by atoms with van der Waals surface area (Å²) in [5, 5.41) is 11.1. The number of nitrogens with zero attached hydrogens (tertiary/aromatic N) is 4. The molecule has 1 fully saturated rings. The highest BCUT2D eigenvalue weighted by Crippen LogP contribution is 2.46. The number of aromatic nitrogens is 3. The molecular formula is C36H35FN4O5. The zero-order valence-corrected chi connectivity index (χ0v) is 26.0. The van der Waals surface area contributed by atoms with Crippen LogP contribution in [0.1, 0.15) is 24.0 Å². The molecule has 46 heavy (non-hydrogen) atoms. The number of pyridine rings is 1. The van der Waals surface area contributed by atoms with Crippen LogP contribution >= 0.6 is 0 Å². The smallest absolute Gasteiger partial charge is 0.320 e. The van der Waals surface area contributed by atoms with Gasteiger partial charge in [0.1, 0.15) is 30.2 Å². The number of benzene rings is 3. The van der Waals surface area contributed by atoms with Gasteiger partial charge in [-0.2, -0.15) is 9.97 Å². The van der Waals surface area contributed by atoms with Crippen LogP contribution in [-0.4, -0.2) is 72.7 Å². The molecule has 0 atom stereocenters. The SMILES string of the molecule is COCOc1cc(-c2ncc3c(OCc4ccccc4)nc(OCC4(CN(C)C)CC4)nc3c2F)c2c(C#CCO)cccc2c1. The fourth-order valence-corrected chi connectivity index (χ4v) is 5.55. The lowest BCUT2D eigenvalue weighted by Crippen LogP contribution is -2.28. The number of hydrogen-bond acceptors (Lipinski definition) is 9. The Labute approximate surface area is 266 Å². The maximum absolute atomic E-state index is 16.8. The molecule has 1 N–H and O–H groups in total. The zero-order chi connectivity index (χ0) is 32.1. The lowest BCUT2D eigenvalue weighted by Gasteiger charge is -2.20. The van der Waals surface area contributed by atoms with E-state index in [2.05, 4.69) is 31.7 Å².